The van der Waals surface area contributed by atoms with Gasteiger partial charge in [-0.1, -0.05) is 51.1 Å². The van der Waals surface area contributed by atoms with Crippen molar-refractivity contribution < 1.29 is 4.52 Å². The molecule has 0 aromatic heterocycles. The van der Waals surface area contributed by atoms with Gasteiger partial charge in [0.2, 0.25) is 0 Å². The second kappa shape index (κ2) is 4.55. The molecule has 0 spiro atoms. The number of rotatable bonds is 1. The first-order valence-corrected chi connectivity index (χ1v) is 8.45. The maximum atomic E-state index is 6.66. The summed E-state index contributed by atoms with van der Waals surface area (Å²) >= 11 is 0. The first-order chi connectivity index (χ1) is 8.93. The summed E-state index contributed by atoms with van der Waals surface area (Å²) in [7, 11) is -0.505. The molecule has 19 heavy (non-hydrogen) atoms. The van der Waals surface area contributed by atoms with Gasteiger partial charge in [-0.3, -0.25) is 4.67 Å². The second-order valence-corrected chi connectivity index (χ2v) is 9.41. The molecular formula is C16H24NOP. The van der Waals surface area contributed by atoms with Crippen molar-refractivity contribution in [1.82, 2.24) is 4.67 Å². The maximum absolute atomic E-state index is 6.66. The third-order valence-electron chi connectivity index (χ3n) is 4.29. The van der Waals surface area contributed by atoms with E-state index in [1.54, 1.807) is 0 Å². The van der Waals surface area contributed by atoms with E-state index in [1.165, 1.54) is 24.9 Å². The predicted molar refractivity (Wildman–Crippen MR) is 81.3 cm³/mol. The van der Waals surface area contributed by atoms with Crippen LogP contribution in [-0.2, 0) is 10.1 Å². The van der Waals surface area contributed by atoms with Crippen LogP contribution in [0.4, 0.5) is 0 Å². The molecule has 2 saturated heterocycles. The van der Waals surface area contributed by atoms with Gasteiger partial charge in [0.25, 0.3) is 0 Å². The smallest absolute Gasteiger partial charge is 0.112 e. The molecule has 0 saturated carbocycles. The zero-order valence-electron chi connectivity index (χ0n) is 12.4. The lowest BCUT2D eigenvalue weighted by Gasteiger charge is -2.32. The molecule has 3 heteroatoms. The van der Waals surface area contributed by atoms with Gasteiger partial charge in [-0.05, 0) is 25.3 Å². The van der Waals surface area contributed by atoms with Gasteiger partial charge < -0.3 is 4.52 Å². The van der Waals surface area contributed by atoms with Crippen LogP contribution in [-0.4, -0.2) is 22.4 Å². The van der Waals surface area contributed by atoms with Crippen molar-refractivity contribution in [3.05, 3.63) is 35.9 Å². The highest BCUT2D eigenvalue weighted by molar-refractivity contribution is 7.52. The topological polar surface area (TPSA) is 12.5 Å². The monoisotopic (exact) mass is 277 g/mol. The van der Waals surface area contributed by atoms with Crippen molar-refractivity contribution in [1.29, 1.82) is 0 Å². The van der Waals surface area contributed by atoms with E-state index >= 15 is 0 Å². The molecule has 0 unspecified atom stereocenters. The Labute approximate surface area is 118 Å². The van der Waals surface area contributed by atoms with Crippen LogP contribution in [0.1, 0.15) is 46.1 Å². The molecule has 0 aliphatic carbocycles. The molecule has 0 radical (unpaired) electrons. The summed E-state index contributed by atoms with van der Waals surface area (Å²) in [6.07, 6.45) is 2.58. The average molecular weight is 277 g/mol. The standard InChI is InChI=1S/C16H24NOP/c1-15(2,3)19-17-12-8-11-14(17)16(4,18-19)13-9-6-5-7-10-13/h5-7,9-10,14H,8,11-12H2,1-4H3/t14-,16+,19-/m1/s1. The Morgan fingerprint density at radius 3 is 2.58 bits per heavy atom. The van der Waals surface area contributed by atoms with Crippen molar-refractivity contribution in [2.45, 2.75) is 57.3 Å². The van der Waals surface area contributed by atoms with E-state index in [0.717, 1.165) is 0 Å². The number of fused-ring (bicyclic) bond motifs is 1. The van der Waals surface area contributed by atoms with Gasteiger partial charge in [0, 0.05) is 17.7 Å². The molecule has 3 rings (SSSR count). The number of benzene rings is 1. The highest BCUT2D eigenvalue weighted by Crippen LogP contribution is 2.67. The highest BCUT2D eigenvalue weighted by Gasteiger charge is 2.56. The van der Waals surface area contributed by atoms with Crippen molar-refractivity contribution in [2.24, 2.45) is 0 Å². The summed E-state index contributed by atoms with van der Waals surface area (Å²) in [5.41, 5.74) is 1.21. The summed E-state index contributed by atoms with van der Waals surface area (Å²) in [6.45, 7) is 10.4. The van der Waals surface area contributed by atoms with Crippen LogP contribution >= 0.6 is 8.30 Å². The van der Waals surface area contributed by atoms with E-state index in [4.69, 9.17) is 4.52 Å². The molecule has 104 valence electrons. The zero-order valence-corrected chi connectivity index (χ0v) is 13.3. The van der Waals surface area contributed by atoms with Crippen molar-refractivity contribution >= 4 is 8.30 Å². The van der Waals surface area contributed by atoms with Gasteiger partial charge in [0.05, 0.1) is 0 Å². The van der Waals surface area contributed by atoms with Crippen LogP contribution in [0, 0.1) is 0 Å². The van der Waals surface area contributed by atoms with E-state index in [-0.39, 0.29) is 10.8 Å². The van der Waals surface area contributed by atoms with Crippen molar-refractivity contribution in [3.8, 4) is 0 Å². The third kappa shape index (κ3) is 2.14. The number of nitrogens with zero attached hydrogens (tertiary/aromatic N) is 1. The molecule has 1 aromatic carbocycles. The Morgan fingerprint density at radius 1 is 1.26 bits per heavy atom. The Hall–Kier alpha value is -0.430. The SMILES string of the molecule is CC(C)(C)[P@@]1O[C@@](C)(c2ccccc2)[C@H]2CCCN21. The van der Waals surface area contributed by atoms with Gasteiger partial charge in [-0.25, -0.2) is 0 Å². The first-order valence-electron chi connectivity index (χ1n) is 7.24. The van der Waals surface area contributed by atoms with E-state index in [9.17, 15) is 0 Å². The van der Waals surface area contributed by atoms with Crippen LogP contribution in [0.25, 0.3) is 0 Å². The fourth-order valence-electron chi connectivity index (χ4n) is 3.36. The fraction of sp³-hybridized carbons (Fsp3) is 0.625. The number of hydrogen-bond acceptors (Lipinski definition) is 2. The van der Waals surface area contributed by atoms with Crippen LogP contribution < -0.4 is 0 Å². The normalized spacial score (nSPS) is 35.6. The Kier molecular flexibility index (Phi) is 3.24. The van der Waals surface area contributed by atoms with E-state index in [0.29, 0.717) is 6.04 Å². The van der Waals surface area contributed by atoms with E-state index in [2.05, 4.69) is 62.7 Å². The van der Waals surface area contributed by atoms with Crippen LogP contribution in [0.5, 0.6) is 0 Å². The van der Waals surface area contributed by atoms with E-state index in [1.807, 2.05) is 0 Å². The van der Waals surface area contributed by atoms with Crippen LogP contribution in [0.15, 0.2) is 30.3 Å². The Morgan fingerprint density at radius 2 is 1.95 bits per heavy atom. The average Bonchev–Trinajstić information content (AvgIpc) is 2.93. The lowest BCUT2D eigenvalue weighted by atomic mass is 9.87. The molecule has 1 aromatic rings. The van der Waals surface area contributed by atoms with Gasteiger partial charge in [0.1, 0.15) is 13.9 Å². The lowest BCUT2D eigenvalue weighted by Crippen LogP contribution is -2.36. The molecule has 2 aliphatic heterocycles. The molecule has 2 nitrogen and oxygen atoms in total. The van der Waals surface area contributed by atoms with Gasteiger partial charge >= 0.3 is 0 Å². The molecule has 0 bridgehead atoms. The molecule has 2 aliphatic rings. The zero-order chi connectivity index (χ0) is 13.7. The maximum Gasteiger partial charge on any atom is 0.112 e. The molecule has 2 heterocycles. The predicted octanol–water partition coefficient (Wildman–Crippen LogP) is 4.51. The minimum atomic E-state index is -0.505. The molecule has 3 atom stereocenters. The summed E-state index contributed by atoms with van der Waals surface area (Å²) in [6, 6.07) is 11.3. The van der Waals surface area contributed by atoms with Crippen LogP contribution in [0.2, 0.25) is 0 Å². The Bertz CT molecular complexity index is 456. The summed E-state index contributed by atoms with van der Waals surface area (Å²) in [5.74, 6) is 0. The molecular weight excluding hydrogens is 253 g/mol. The molecule has 0 amide bonds. The van der Waals surface area contributed by atoms with Gasteiger partial charge in [-0.2, -0.15) is 0 Å². The largest absolute Gasteiger partial charge is 0.331 e. The summed E-state index contributed by atoms with van der Waals surface area (Å²) in [5, 5.41) is 0.227. The van der Waals surface area contributed by atoms with Gasteiger partial charge in [-0.15, -0.1) is 0 Å². The first kappa shape index (κ1) is 13.5. The van der Waals surface area contributed by atoms with E-state index < -0.39 is 8.30 Å². The lowest BCUT2D eigenvalue weighted by molar-refractivity contribution is 0.0870. The Balaban J connectivity index is 1.99. The van der Waals surface area contributed by atoms with Crippen molar-refractivity contribution in [3.63, 3.8) is 0 Å². The minimum absolute atomic E-state index is 0.128. The summed E-state index contributed by atoms with van der Waals surface area (Å²) in [4.78, 5) is 0. The molecule has 2 fully saturated rings. The van der Waals surface area contributed by atoms with Gasteiger partial charge in [0.15, 0.2) is 0 Å². The second-order valence-electron chi connectivity index (χ2n) is 6.83. The van der Waals surface area contributed by atoms with Crippen molar-refractivity contribution in [2.75, 3.05) is 6.54 Å². The highest BCUT2D eigenvalue weighted by atomic mass is 31.2. The number of hydrogen-bond donors (Lipinski definition) is 0. The van der Waals surface area contributed by atoms with Crippen LogP contribution in [0.3, 0.4) is 0 Å². The summed E-state index contributed by atoms with van der Waals surface area (Å²) < 4.78 is 9.31. The minimum Gasteiger partial charge on any atom is -0.331 e. The fourth-order valence-corrected chi connectivity index (χ4v) is 6.01. The molecule has 0 N–H and O–H groups in total. The third-order valence-corrected chi connectivity index (χ3v) is 6.94. The quantitative estimate of drug-likeness (QED) is 0.700.